The first-order chi connectivity index (χ1) is 10.1. The van der Waals surface area contributed by atoms with Gasteiger partial charge in [-0.3, -0.25) is 4.79 Å². The van der Waals surface area contributed by atoms with Crippen LogP contribution in [0.3, 0.4) is 0 Å². The van der Waals surface area contributed by atoms with Gasteiger partial charge in [0, 0.05) is 23.1 Å². The molecule has 0 radical (unpaired) electrons. The number of hydrogen-bond acceptors (Lipinski definition) is 2. The Kier molecular flexibility index (Phi) is 3.72. The van der Waals surface area contributed by atoms with Crippen molar-refractivity contribution in [2.45, 2.75) is 39.3 Å². The van der Waals surface area contributed by atoms with Crippen molar-refractivity contribution in [2.24, 2.45) is 5.92 Å². The molecule has 0 aliphatic carbocycles. The molecule has 1 aliphatic rings. The fraction of sp³-hybridized carbons (Fsp3) is 0.471. The number of carbonyl (C=O) groups is 1. The molecule has 112 valence electrons. The summed E-state index contributed by atoms with van der Waals surface area (Å²) in [5, 5.41) is 11.1. The maximum Gasteiger partial charge on any atom is 0.225 e. The molecule has 4 heteroatoms. The fourth-order valence-electron chi connectivity index (χ4n) is 2.95. The monoisotopic (exact) mass is 286 g/mol. The Morgan fingerprint density at radius 3 is 2.90 bits per heavy atom. The summed E-state index contributed by atoms with van der Waals surface area (Å²) in [6.45, 7) is 5.22. The van der Waals surface area contributed by atoms with Crippen LogP contribution in [0.5, 0.6) is 0 Å². The van der Waals surface area contributed by atoms with E-state index in [1.54, 1.807) is 0 Å². The van der Waals surface area contributed by atoms with Gasteiger partial charge in [-0.25, -0.2) is 0 Å². The third-order valence-corrected chi connectivity index (χ3v) is 4.39. The van der Waals surface area contributed by atoms with E-state index in [1.807, 2.05) is 30.9 Å². The molecule has 2 N–H and O–H groups in total. The highest BCUT2D eigenvalue weighted by atomic mass is 16.3. The van der Waals surface area contributed by atoms with E-state index in [0.29, 0.717) is 6.54 Å². The van der Waals surface area contributed by atoms with Gasteiger partial charge in [-0.05, 0) is 24.0 Å². The highest BCUT2D eigenvalue weighted by Gasteiger charge is 2.25. The van der Waals surface area contributed by atoms with Crippen LogP contribution in [0.15, 0.2) is 24.3 Å². The normalized spacial score (nSPS) is 16.3. The minimum Gasteiger partial charge on any atom is -0.392 e. The summed E-state index contributed by atoms with van der Waals surface area (Å²) in [4.78, 5) is 17.6. The zero-order valence-corrected chi connectivity index (χ0v) is 12.6. The summed E-state index contributed by atoms with van der Waals surface area (Å²) >= 11 is 0. The number of amides is 1. The molecule has 21 heavy (non-hydrogen) atoms. The molecule has 2 heterocycles. The standard InChI is InChI=1S/C17H22N2O2/c1-11(2)16(20)9-17(21)19-8-7-13-12-5-3-4-6-14(12)18-15(13)10-19/h3-6,11,16,18,20H,7-10H2,1-2H3. The Hall–Kier alpha value is -1.81. The molecule has 1 aromatic carbocycles. The number of hydrogen-bond donors (Lipinski definition) is 2. The Balaban J connectivity index is 1.77. The lowest BCUT2D eigenvalue weighted by Gasteiger charge is -2.28. The number of aliphatic hydroxyl groups excluding tert-OH is 1. The molecule has 1 atom stereocenters. The summed E-state index contributed by atoms with van der Waals surface area (Å²) in [7, 11) is 0. The van der Waals surface area contributed by atoms with Gasteiger partial charge in [0.05, 0.1) is 19.1 Å². The van der Waals surface area contributed by atoms with Crippen LogP contribution in [0.25, 0.3) is 10.9 Å². The fourth-order valence-corrected chi connectivity index (χ4v) is 2.95. The third-order valence-electron chi connectivity index (χ3n) is 4.39. The van der Waals surface area contributed by atoms with Crippen LogP contribution in [0.2, 0.25) is 0 Å². The Bertz CT molecular complexity index is 660. The molecule has 0 saturated carbocycles. The maximum atomic E-state index is 12.3. The van der Waals surface area contributed by atoms with Crippen LogP contribution < -0.4 is 0 Å². The number of aliphatic hydroxyl groups is 1. The number of carbonyl (C=O) groups excluding carboxylic acids is 1. The van der Waals surface area contributed by atoms with Crippen molar-refractivity contribution in [3.63, 3.8) is 0 Å². The van der Waals surface area contributed by atoms with Gasteiger partial charge in [0.15, 0.2) is 0 Å². The molecular formula is C17H22N2O2. The van der Waals surface area contributed by atoms with E-state index >= 15 is 0 Å². The predicted molar refractivity (Wildman–Crippen MR) is 82.9 cm³/mol. The smallest absolute Gasteiger partial charge is 0.225 e. The molecule has 1 aromatic heterocycles. The van der Waals surface area contributed by atoms with Crippen LogP contribution in [-0.2, 0) is 17.8 Å². The van der Waals surface area contributed by atoms with Crippen LogP contribution in [-0.4, -0.2) is 33.5 Å². The summed E-state index contributed by atoms with van der Waals surface area (Å²) in [5.41, 5.74) is 3.60. The molecule has 1 unspecified atom stereocenters. The molecule has 0 fully saturated rings. The second-order valence-corrected chi connectivity index (χ2v) is 6.21. The number of fused-ring (bicyclic) bond motifs is 3. The van der Waals surface area contributed by atoms with E-state index in [-0.39, 0.29) is 18.2 Å². The van der Waals surface area contributed by atoms with Crippen LogP contribution in [0.4, 0.5) is 0 Å². The molecule has 0 saturated heterocycles. The van der Waals surface area contributed by atoms with Gasteiger partial charge < -0.3 is 15.0 Å². The average molecular weight is 286 g/mol. The van der Waals surface area contributed by atoms with E-state index in [9.17, 15) is 9.90 Å². The van der Waals surface area contributed by atoms with Crippen LogP contribution >= 0.6 is 0 Å². The zero-order valence-electron chi connectivity index (χ0n) is 12.6. The second kappa shape index (κ2) is 5.53. The van der Waals surface area contributed by atoms with Gasteiger partial charge in [-0.2, -0.15) is 0 Å². The average Bonchev–Trinajstić information content (AvgIpc) is 2.84. The van der Waals surface area contributed by atoms with Gasteiger partial charge in [-0.15, -0.1) is 0 Å². The second-order valence-electron chi connectivity index (χ2n) is 6.21. The van der Waals surface area contributed by atoms with Crippen molar-refractivity contribution >= 4 is 16.8 Å². The van der Waals surface area contributed by atoms with E-state index in [4.69, 9.17) is 0 Å². The van der Waals surface area contributed by atoms with E-state index in [1.165, 1.54) is 10.9 Å². The topological polar surface area (TPSA) is 56.3 Å². The van der Waals surface area contributed by atoms with Crippen molar-refractivity contribution < 1.29 is 9.90 Å². The molecular weight excluding hydrogens is 264 g/mol. The number of aromatic nitrogens is 1. The van der Waals surface area contributed by atoms with Gasteiger partial charge >= 0.3 is 0 Å². The SMILES string of the molecule is CC(C)C(O)CC(=O)N1CCc2c([nH]c3ccccc23)C1. The van der Waals surface area contributed by atoms with Gasteiger partial charge in [0.1, 0.15) is 0 Å². The van der Waals surface area contributed by atoms with Crippen molar-refractivity contribution in [1.82, 2.24) is 9.88 Å². The van der Waals surface area contributed by atoms with Gasteiger partial charge in [0.25, 0.3) is 0 Å². The number of para-hydroxylation sites is 1. The van der Waals surface area contributed by atoms with Crippen molar-refractivity contribution in [2.75, 3.05) is 6.54 Å². The van der Waals surface area contributed by atoms with Crippen LogP contribution in [0.1, 0.15) is 31.5 Å². The minimum atomic E-state index is -0.554. The quantitative estimate of drug-likeness (QED) is 0.910. The molecule has 1 aliphatic heterocycles. The minimum absolute atomic E-state index is 0.0421. The summed E-state index contributed by atoms with van der Waals surface area (Å²) in [6.07, 6.45) is 0.539. The number of nitrogens with one attached hydrogen (secondary N) is 1. The molecule has 1 amide bonds. The number of nitrogens with zero attached hydrogens (tertiary/aromatic N) is 1. The first-order valence-corrected chi connectivity index (χ1v) is 7.60. The summed E-state index contributed by atoms with van der Waals surface area (Å²) < 4.78 is 0. The third kappa shape index (κ3) is 2.68. The van der Waals surface area contributed by atoms with Crippen molar-refractivity contribution in [3.8, 4) is 0 Å². The summed E-state index contributed by atoms with van der Waals surface area (Å²) in [6, 6.07) is 8.27. The lowest BCUT2D eigenvalue weighted by atomic mass is 10.0. The van der Waals surface area contributed by atoms with Crippen LogP contribution in [0, 0.1) is 5.92 Å². The predicted octanol–water partition coefficient (Wildman–Crippen LogP) is 2.46. The Labute approximate surface area is 124 Å². The van der Waals surface area contributed by atoms with E-state index in [2.05, 4.69) is 17.1 Å². The van der Waals surface area contributed by atoms with Crippen molar-refractivity contribution in [1.29, 1.82) is 0 Å². The largest absolute Gasteiger partial charge is 0.392 e. The first kappa shape index (κ1) is 14.1. The van der Waals surface area contributed by atoms with Gasteiger partial charge in [-0.1, -0.05) is 32.0 Å². The molecule has 0 spiro atoms. The number of H-pyrrole nitrogens is 1. The molecule has 4 nitrogen and oxygen atoms in total. The van der Waals surface area contributed by atoms with Crippen molar-refractivity contribution in [3.05, 3.63) is 35.5 Å². The number of benzene rings is 1. The highest BCUT2D eigenvalue weighted by Crippen LogP contribution is 2.27. The molecule has 0 bridgehead atoms. The lowest BCUT2D eigenvalue weighted by Crippen LogP contribution is -2.38. The summed E-state index contributed by atoms with van der Waals surface area (Å²) in [5.74, 6) is 0.155. The molecule has 2 aromatic rings. The zero-order chi connectivity index (χ0) is 15.0. The van der Waals surface area contributed by atoms with E-state index < -0.39 is 6.10 Å². The Morgan fingerprint density at radius 1 is 1.38 bits per heavy atom. The first-order valence-electron chi connectivity index (χ1n) is 7.60. The lowest BCUT2D eigenvalue weighted by molar-refractivity contribution is -0.134. The highest BCUT2D eigenvalue weighted by molar-refractivity contribution is 5.85. The Morgan fingerprint density at radius 2 is 2.14 bits per heavy atom. The maximum absolute atomic E-state index is 12.3. The number of aromatic amines is 1. The number of rotatable bonds is 3. The van der Waals surface area contributed by atoms with Gasteiger partial charge in [0.2, 0.25) is 5.91 Å². The van der Waals surface area contributed by atoms with E-state index in [0.717, 1.165) is 24.2 Å². The molecule has 3 rings (SSSR count).